The van der Waals surface area contributed by atoms with Crippen LogP contribution in [-0.2, 0) is 0 Å². The van der Waals surface area contributed by atoms with Crippen LogP contribution < -0.4 is 5.73 Å². The van der Waals surface area contributed by atoms with Crippen molar-refractivity contribution in [3.05, 3.63) is 65.6 Å². The van der Waals surface area contributed by atoms with Crippen LogP contribution in [0.4, 0.5) is 5.69 Å². The van der Waals surface area contributed by atoms with E-state index in [1.54, 1.807) is 12.1 Å². The summed E-state index contributed by atoms with van der Waals surface area (Å²) in [5.41, 5.74) is 5.64. The molecule has 0 unspecified atom stereocenters. The Labute approximate surface area is 95.4 Å². The van der Waals surface area contributed by atoms with E-state index in [-0.39, 0.29) is 16.8 Å². The molecule has 0 heterocycles. The minimum atomic E-state index is -0.680. The molecule has 0 aliphatic carbocycles. The SMILES string of the molecule is [2H]c1c([2H])c([2H])c(C(=O)c2ccccc2N)c([2H])c1[2H]. The van der Waals surface area contributed by atoms with E-state index in [1.165, 1.54) is 12.1 Å². The largest absolute Gasteiger partial charge is 0.398 e. The smallest absolute Gasteiger partial charge is 0.195 e. The quantitative estimate of drug-likeness (QED) is 0.600. The van der Waals surface area contributed by atoms with Crippen LogP contribution in [0.2, 0.25) is 0 Å². The van der Waals surface area contributed by atoms with E-state index in [0.29, 0.717) is 0 Å². The van der Waals surface area contributed by atoms with Gasteiger partial charge in [-0.05, 0) is 12.1 Å². The molecular weight excluding hydrogens is 186 g/mol. The Morgan fingerprint density at radius 1 is 1.13 bits per heavy atom. The zero-order valence-electron chi connectivity index (χ0n) is 12.8. The lowest BCUT2D eigenvalue weighted by Gasteiger charge is -2.03. The number of carbonyl (C=O) groups is 1. The Hall–Kier alpha value is -2.09. The first-order valence-corrected chi connectivity index (χ1v) is 4.32. The number of hydrogen-bond acceptors (Lipinski definition) is 2. The molecule has 2 nitrogen and oxygen atoms in total. The van der Waals surface area contributed by atoms with Crippen LogP contribution in [0, 0.1) is 0 Å². The Balaban J connectivity index is 2.71. The molecule has 0 amide bonds. The second kappa shape index (κ2) is 3.96. The summed E-state index contributed by atoms with van der Waals surface area (Å²) >= 11 is 0. The fraction of sp³-hybridized carbons (Fsp3) is 0. The lowest BCUT2D eigenvalue weighted by Crippen LogP contribution is -2.04. The topological polar surface area (TPSA) is 43.1 Å². The fourth-order valence-corrected chi connectivity index (χ4v) is 1.20. The first kappa shape index (κ1) is 5.12. The number of benzene rings is 2. The van der Waals surface area contributed by atoms with Gasteiger partial charge in [-0.25, -0.2) is 0 Å². The predicted molar refractivity (Wildman–Crippen MR) is 60.7 cm³/mol. The zero-order valence-corrected chi connectivity index (χ0v) is 7.79. The molecule has 2 N–H and O–H groups in total. The summed E-state index contributed by atoms with van der Waals surface area (Å²) in [5.74, 6) is -0.680. The molecule has 0 aliphatic heterocycles. The number of nitrogens with two attached hydrogens (primary N) is 1. The maximum atomic E-state index is 12.4. The molecule has 2 aromatic rings. The van der Waals surface area contributed by atoms with E-state index in [0.717, 1.165) is 0 Å². The minimum Gasteiger partial charge on any atom is -0.398 e. The van der Waals surface area contributed by atoms with E-state index in [4.69, 9.17) is 12.6 Å². The number of ketones is 1. The summed E-state index contributed by atoms with van der Waals surface area (Å²) in [5, 5.41) is 0. The van der Waals surface area contributed by atoms with Crippen LogP contribution in [-0.4, -0.2) is 5.78 Å². The van der Waals surface area contributed by atoms with Crippen molar-refractivity contribution in [1.82, 2.24) is 0 Å². The van der Waals surface area contributed by atoms with Crippen LogP contribution in [0.15, 0.2) is 54.5 Å². The number of rotatable bonds is 2. The van der Waals surface area contributed by atoms with Crippen molar-refractivity contribution in [1.29, 1.82) is 0 Å². The minimum absolute atomic E-state index is 0.117. The van der Waals surface area contributed by atoms with E-state index < -0.39 is 36.0 Å². The van der Waals surface area contributed by atoms with E-state index in [9.17, 15) is 4.79 Å². The highest BCUT2D eigenvalue weighted by atomic mass is 16.1. The molecule has 0 fully saturated rings. The normalized spacial score (nSPS) is 14.5. The first-order valence-electron chi connectivity index (χ1n) is 6.82. The van der Waals surface area contributed by atoms with Crippen molar-refractivity contribution < 1.29 is 11.6 Å². The van der Waals surface area contributed by atoms with Gasteiger partial charge in [0, 0.05) is 16.8 Å². The van der Waals surface area contributed by atoms with Gasteiger partial charge in [0.15, 0.2) is 5.78 Å². The highest BCUT2D eigenvalue weighted by Crippen LogP contribution is 2.15. The van der Waals surface area contributed by atoms with Gasteiger partial charge in [0.1, 0.15) is 0 Å². The van der Waals surface area contributed by atoms with Crippen molar-refractivity contribution in [3.8, 4) is 0 Å². The number of carbonyl (C=O) groups excluding carboxylic acids is 1. The molecule has 2 heteroatoms. The number of nitrogen functional groups attached to an aromatic ring is 1. The van der Waals surface area contributed by atoms with Crippen LogP contribution in [0.3, 0.4) is 0 Å². The maximum Gasteiger partial charge on any atom is 0.195 e. The molecule has 0 spiro atoms. The molecule has 0 aliphatic rings. The molecule has 0 bridgehead atoms. The molecule has 2 aromatic carbocycles. The predicted octanol–water partition coefficient (Wildman–Crippen LogP) is 2.50. The van der Waals surface area contributed by atoms with Gasteiger partial charge in [-0.15, -0.1) is 0 Å². The van der Waals surface area contributed by atoms with Crippen LogP contribution in [0.5, 0.6) is 0 Å². The molecule has 2 rings (SSSR count). The summed E-state index contributed by atoms with van der Waals surface area (Å²) in [6.45, 7) is 0. The molecule has 0 saturated heterocycles. The Morgan fingerprint density at radius 2 is 1.80 bits per heavy atom. The van der Waals surface area contributed by atoms with Crippen molar-refractivity contribution in [2.24, 2.45) is 0 Å². The van der Waals surface area contributed by atoms with Gasteiger partial charge < -0.3 is 5.73 Å². The summed E-state index contributed by atoms with van der Waals surface area (Å²) in [6, 6.07) is 3.56. The van der Waals surface area contributed by atoms with Crippen LogP contribution in [0.25, 0.3) is 0 Å². The molecule has 0 radical (unpaired) electrons. The Bertz CT molecular complexity index is 685. The maximum absolute atomic E-state index is 12.4. The van der Waals surface area contributed by atoms with Crippen molar-refractivity contribution >= 4 is 11.5 Å². The van der Waals surface area contributed by atoms with E-state index >= 15 is 0 Å². The van der Waals surface area contributed by atoms with Gasteiger partial charge in [-0.1, -0.05) is 42.3 Å². The standard InChI is InChI=1S/C13H11NO/c14-12-9-5-4-8-11(12)13(15)10-6-2-1-3-7-10/h1-9H,14H2/i1D,2D,3D,6D,7D. The Kier molecular flexibility index (Phi) is 1.35. The van der Waals surface area contributed by atoms with Gasteiger partial charge in [-0.2, -0.15) is 0 Å². The third kappa shape index (κ3) is 1.89. The average molecular weight is 202 g/mol. The average Bonchev–Trinajstić information content (AvgIpc) is 2.43. The summed E-state index contributed by atoms with van der Waals surface area (Å²) in [4.78, 5) is 12.4. The molecule has 15 heavy (non-hydrogen) atoms. The number of hydrogen-bond donors (Lipinski definition) is 1. The second-order valence-corrected chi connectivity index (χ2v) is 2.92. The third-order valence-electron chi connectivity index (χ3n) is 1.93. The van der Waals surface area contributed by atoms with Crippen LogP contribution in [0.1, 0.15) is 22.8 Å². The molecule has 0 atom stereocenters. The zero-order chi connectivity index (χ0) is 15.0. The van der Waals surface area contributed by atoms with Gasteiger partial charge in [0.2, 0.25) is 0 Å². The van der Waals surface area contributed by atoms with Gasteiger partial charge in [-0.3, -0.25) is 4.79 Å². The van der Waals surface area contributed by atoms with Crippen molar-refractivity contribution in [2.45, 2.75) is 0 Å². The first-order chi connectivity index (χ1) is 9.36. The summed E-state index contributed by atoms with van der Waals surface area (Å²) < 4.78 is 38.1. The lowest BCUT2D eigenvalue weighted by molar-refractivity contribution is 0.103. The highest BCUT2D eigenvalue weighted by Gasteiger charge is 2.10. The third-order valence-corrected chi connectivity index (χ3v) is 1.93. The monoisotopic (exact) mass is 202 g/mol. The van der Waals surface area contributed by atoms with Gasteiger partial charge in [0.05, 0.1) is 6.85 Å². The van der Waals surface area contributed by atoms with Crippen LogP contribution >= 0.6 is 0 Å². The highest BCUT2D eigenvalue weighted by molar-refractivity contribution is 6.11. The molecular formula is C13H11NO. The molecule has 0 aromatic heterocycles. The van der Waals surface area contributed by atoms with Crippen molar-refractivity contribution in [3.63, 3.8) is 0 Å². The Morgan fingerprint density at radius 3 is 2.47 bits per heavy atom. The second-order valence-electron chi connectivity index (χ2n) is 2.92. The fourth-order valence-electron chi connectivity index (χ4n) is 1.20. The summed E-state index contributed by atoms with van der Waals surface area (Å²) in [7, 11) is 0. The van der Waals surface area contributed by atoms with E-state index in [1.807, 2.05) is 0 Å². The molecule has 0 saturated carbocycles. The lowest BCUT2D eigenvalue weighted by atomic mass is 10.0. The number of para-hydroxylation sites is 1. The molecule has 74 valence electrons. The van der Waals surface area contributed by atoms with Gasteiger partial charge >= 0.3 is 0 Å². The summed E-state index contributed by atoms with van der Waals surface area (Å²) in [6.07, 6.45) is 0. The van der Waals surface area contributed by atoms with E-state index in [2.05, 4.69) is 0 Å². The van der Waals surface area contributed by atoms with Crippen molar-refractivity contribution in [2.75, 3.05) is 5.73 Å². The number of anilines is 1. The van der Waals surface area contributed by atoms with Gasteiger partial charge in [0.25, 0.3) is 0 Å².